The number of rotatable bonds is 9. The van der Waals surface area contributed by atoms with Crippen LogP contribution < -0.4 is 5.32 Å². The van der Waals surface area contributed by atoms with E-state index >= 15 is 0 Å². The Labute approximate surface area is 122 Å². The number of hydrogen-bond donors (Lipinski definition) is 2. The predicted molar refractivity (Wildman–Crippen MR) is 85.9 cm³/mol. The van der Waals surface area contributed by atoms with Gasteiger partial charge in [-0.05, 0) is 36.3 Å². The molecule has 0 saturated carbocycles. The maximum absolute atomic E-state index is 8.87. The molecule has 1 aromatic carbocycles. The number of aliphatic hydroxyl groups is 1. The maximum atomic E-state index is 8.87. The highest BCUT2D eigenvalue weighted by molar-refractivity contribution is 7.99. The van der Waals surface area contributed by atoms with Crippen LogP contribution >= 0.6 is 11.8 Å². The van der Waals surface area contributed by atoms with Crippen LogP contribution in [0.4, 0.5) is 0 Å². The molecular weight excluding hydrogens is 254 g/mol. The van der Waals surface area contributed by atoms with Crippen molar-refractivity contribution >= 4 is 11.8 Å². The summed E-state index contributed by atoms with van der Waals surface area (Å²) in [5.41, 5.74) is 2.75. The monoisotopic (exact) mass is 281 g/mol. The minimum atomic E-state index is 0.288. The third kappa shape index (κ3) is 5.55. The van der Waals surface area contributed by atoms with E-state index in [4.69, 9.17) is 5.11 Å². The van der Waals surface area contributed by atoms with Gasteiger partial charge in [-0.3, -0.25) is 0 Å². The number of benzene rings is 1. The second kappa shape index (κ2) is 9.40. The molecule has 1 rings (SSSR count). The Morgan fingerprint density at radius 2 is 1.89 bits per heavy atom. The molecule has 0 bridgehead atoms. The lowest BCUT2D eigenvalue weighted by Crippen LogP contribution is -2.28. The molecule has 0 aliphatic heterocycles. The molecule has 0 aromatic heterocycles. The highest BCUT2D eigenvalue weighted by Crippen LogP contribution is 2.27. The summed E-state index contributed by atoms with van der Waals surface area (Å²) in [5, 5.41) is 13.0. The topological polar surface area (TPSA) is 32.3 Å². The minimum Gasteiger partial charge on any atom is -0.396 e. The fraction of sp³-hybridized carbons (Fsp3) is 0.625. The van der Waals surface area contributed by atoms with E-state index in [1.807, 2.05) is 11.8 Å². The second-order valence-electron chi connectivity index (χ2n) is 4.78. The molecule has 2 unspecified atom stereocenters. The molecule has 3 heteroatoms. The van der Waals surface area contributed by atoms with E-state index < -0.39 is 0 Å². The summed E-state index contributed by atoms with van der Waals surface area (Å²) in [6, 6.07) is 9.33. The van der Waals surface area contributed by atoms with Crippen LogP contribution in [-0.2, 0) is 6.42 Å². The third-order valence-electron chi connectivity index (χ3n) is 3.32. The highest BCUT2D eigenvalue weighted by Gasteiger charge is 2.18. The number of aliphatic hydroxyl groups excluding tert-OH is 1. The van der Waals surface area contributed by atoms with E-state index in [-0.39, 0.29) is 6.61 Å². The van der Waals surface area contributed by atoms with E-state index in [9.17, 15) is 0 Å². The molecule has 0 fully saturated rings. The molecule has 1 aromatic rings. The summed E-state index contributed by atoms with van der Waals surface area (Å²) >= 11 is 1.93. The molecule has 2 N–H and O–H groups in total. The Morgan fingerprint density at radius 1 is 1.21 bits per heavy atom. The van der Waals surface area contributed by atoms with E-state index in [1.165, 1.54) is 11.1 Å². The Morgan fingerprint density at radius 3 is 2.42 bits per heavy atom. The van der Waals surface area contributed by atoms with Gasteiger partial charge in [0.2, 0.25) is 0 Å². The van der Waals surface area contributed by atoms with Gasteiger partial charge in [-0.1, -0.05) is 45.0 Å². The van der Waals surface area contributed by atoms with Crippen LogP contribution in [0.2, 0.25) is 0 Å². The molecule has 0 spiro atoms. The lowest BCUT2D eigenvalue weighted by Gasteiger charge is -2.25. The van der Waals surface area contributed by atoms with E-state index in [1.54, 1.807) is 0 Å². The van der Waals surface area contributed by atoms with Crippen molar-refractivity contribution in [1.82, 2.24) is 5.32 Å². The first kappa shape index (κ1) is 16.5. The first-order valence-corrected chi connectivity index (χ1v) is 8.32. The van der Waals surface area contributed by atoms with Gasteiger partial charge in [-0.2, -0.15) is 11.8 Å². The van der Waals surface area contributed by atoms with E-state index in [2.05, 4.69) is 50.4 Å². The minimum absolute atomic E-state index is 0.288. The molecule has 2 nitrogen and oxygen atoms in total. The molecule has 0 amide bonds. The fourth-order valence-corrected chi connectivity index (χ4v) is 3.28. The van der Waals surface area contributed by atoms with Crippen molar-refractivity contribution in [3.05, 3.63) is 35.4 Å². The zero-order chi connectivity index (χ0) is 14.1. The van der Waals surface area contributed by atoms with Gasteiger partial charge < -0.3 is 10.4 Å². The average molecular weight is 281 g/mol. The molecule has 2 atom stereocenters. The third-order valence-corrected chi connectivity index (χ3v) is 4.65. The molecule has 0 heterocycles. The number of aryl methyl sites for hydroxylation is 1. The number of hydrogen-bond acceptors (Lipinski definition) is 3. The fourth-order valence-electron chi connectivity index (χ4n) is 2.17. The molecule has 0 radical (unpaired) electrons. The van der Waals surface area contributed by atoms with Crippen molar-refractivity contribution in [3.63, 3.8) is 0 Å². The summed E-state index contributed by atoms with van der Waals surface area (Å²) in [6.07, 6.45) is 1.97. The van der Waals surface area contributed by atoms with Crippen molar-refractivity contribution in [2.75, 3.05) is 18.9 Å². The van der Waals surface area contributed by atoms with Gasteiger partial charge in [0.1, 0.15) is 0 Å². The van der Waals surface area contributed by atoms with Crippen molar-refractivity contribution < 1.29 is 5.11 Å². The van der Waals surface area contributed by atoms with Gasteiger partial charge in [0.15, 0.2) is 0 Å². The molecule has 0 saturated heterocycles. The van der Waals surface area contributed by atoms with Crippen LogP contribution in [0.25, 0.3) is 0 Å². The average Bonchev–Trinajstić information content (AvgIpc) is 2.45. The summed E-state index contributed by atoms with van der Waals surface area (Å²) in [7, 11) is 0. The number of thioether (sulfide) groups is 1. The maximum Gasteiger partial charge on any atom is 0.0438 e. The zero-order valence-corrected chi connectivity index (χ0v) is 13.2. The van der Waals surface area contributed by atoms with Crippen molar-refractivity contribution in [1.29, 1.82) is 0 Å². The van der Waals surface area contributed by atoms with Gasteiger partial charge in [0.25, 0.3) is 0 Å². The highest BCUT2D eigenvalue weighted by atomic mass is 32.2. The Kier molecular flexibility index (Phi) is 8.19. The largest absolute Gasteiger partial charge is 0.396 e. The summed E-state index contributed by atoms with van der Waals surface area (Å²) in [5.74, 6) is 1.02. The normalized spacial score (nSPS) is 14.3. The van der Waals surface area contributed by atoms with Crippen LogP contribution in [0.1, 0.15) is 44.4 Å². The SMILES string of the molecule is CCNC(c1ccc(CC)cc1)C(C)SCCCO. The Balaban J connectivity index is 2.68. The molecule has 19 heavy (non-hydrogen) atoms. The van der Waals surface area contributed by atoms with Gasteiger partial charge in [0, 0.05) is 17.9 Å². The lowest BCUT2D eigenvalue weighted by atomic mass is 10.0. The van der Waals surface area contributed by atoms with E-state index in [0.717, 1.165) is 25.1 Å². The summed E-state index contributed by atoms with van der Waals surface area (Å²) in [4.78, 5) is 0. The Bertz CT molecular complexity index is 339. The summed E-state index contributed by atoms with van der Waals surface area (Å²) in [6.45, 7) is 7.87. The van der Waals surface area contributed by atoms with Crippen molar-refractivity contribution in [3.8, 4) is 0 Å². The predicted octanol–water partition coefficient (Wildman–Crippen LogP) is 3.40. The zero-order valence-electron chi connectivity index (χ0n) is 12.4. The van der Waals surface area contributed by atoms with Crippen LogP contribution in [0.3, 0.4) is 0 Å². The van der Waals surface area contributed by atoms with Crippen LogP contribution in [0.15, 0.2) is 24.3 Å². The van der Waals surface area contributed by atoms with E-state index in [0.29, 0.717) is 11.3 Å². The van der Waals surface area contributed by atoms with Gasteiger partial charge >= 0.3 is 0 Å². The molecular formula is C16H27NOS. The molecule has 0 aliphatic rings. The summed E-state index contributed by atoms with van der Waals surface area (Å²) < 4.78 is 0. The van der Waals surface area contributed by atoms with Crippen molar-refractivity contribution in [2.45, 2.75) is 44.9 Å². The van der Waals surface area contributed by atoms with Crippen LogP contribution in [0.5, 0.6) is 0 Å². The Hall–Kier alpha value is -0.510. The standard InChI is InChI=1S/C16H27NOS/c1-4-14-7-9-15(10-8-14)16(17-5-2)13(3)19-12-6-11-18/h7-10,13,16-18H,4-6,11-12H2,1-3H3. The van der Waals surface area contributed by atoms with Crippen molar-refractivity contribution in [2.24, 2.45) is 0 Å². The second-order valence-corrected chi connectivity index (χ2v) is 6.27. The molecule has 108 valence electrons. The first-order chi connectivity index (χ1) is 9.22. The molecule has 0 aliphatic carbocycles. The lowest BCUT2D eigenvalue weighted by molar-refractivity contribution is 0.296. The van der Waals surface area contributed by atoms with Crippen LogP contribution in [-0.4, -0.2) is 29.3 Å². The van der Waals surface area contributed by atoms with Crippen LogP contribution in [0, 0.1) is 0 Å². The van der Waals surface area contributed by atoms with Gasteiger partial charge in [-0.15, -0.1) is 0 Å². The first-order valence-electron chi connectivity index (χ1n) is 7.27. The van der Waals surface area contributed by atoms with Gasteiger partial charge in [0.05, 0.1) is 0 Å². The van der Waals surface area contributed by atoms with Gasteiger partial charge in [-0.25, -0.2) is 0 Å². The quantitative estimate of drug-likeness (QED) is 0.680. The number of nitrogens with one attached hydrogen (secondary N) is 1. The smallest absolute Gasteiger partial charge is 0.0438 e.